The summed E-state index contributed by atoms with van der Waals surface area (Å²) in [6.07, 6.45) is 1.98. The van der Waals surface area contributed by atoms with Gasteiger partial charge < -0.3 is 21.4 Å². The number of hydrogen-bond donors (Lipinski definition) is 3. The fourth-order valence-electron chi connectivity index (χ4n) is 2.07. The number of rotatable bonds is 6. The number of nitrogens with two attached hydrogens (primary N) is 2. The van der Waals surface area contributed by atoms with Gasteiger partial charge in [-0.3, -0.25) is 14.4 Å². The molecule has 0 aliphatic heterocycles. The molecule has 0 aliphatic rings. The normalized spacial score (nSPS) is 10.7. The van der Waals surface area contributed by atoms with E-state index in [9.17, 15) is 14.4 Å². The number of carbonyl (C=O) groups excluding carboxylic acids is 3. The average Bonchev–Trinajstić information content (AvgIpc) is 2.85. The van der Waals surface area contributed by atoms with Gasteiger partial charge in [0.2, 0.25) is 17.7 Å². The summed E-state index contributed by atoms with van der Waals surface area (Å²) in [4.78, 5) is 33.7. The highest BCUT2D eigenvalue weighted by molar-refractivity contribution is 6.05. The van der Waals surface area contributed by atoms with Crippen molar-refractivity contribution in [1.82, 2.24) is 9.88 Å². The van der Waals surface area contributed by atoms with Crippen LogP contribution in [0, 0.1) is 0 Å². The van der Waals surface area contributed by atoms with Gasteiger partial charge in [0.25, 0.3) is 0 Å². The second kappa shape index (κ2) is 6.08. The number of nitrogens with zero attached hydrogens (tertiary/aromatic N) is 1. The van der Waals surface area contributed by atoms with Crippen LogP contribution in [0.25, 0.3) is 10.9 Å². The lowest BCUT2D eigenvalue weighted by molar-refractivity contribution is -0.134. The van der Waals surface area contributed by atoms with Crippen molar-refractivity contribution in [1.29, 1.82) is 0 Å². The van der Waals surface area contributed by atoms with E-state index in [1.54, 1.807) is 0 Å². The van der Waals surface area contributed by atoms with E-state index in [0.29, 0.717) is 6.54 Å². The third kappa shape index (κ3) is 3.38. The van der Waals surface area contributed by atoms with E-state index in [0.717, 1.165) is 10.9 Å². The SMILES string of the molecule is NC(=O)C(NC(=O)CCn1ccc2ccccc21)C(N)=O. The maximum Gasteiger partial charge on any atom is 0.249 e. The molecule has 2 aromatic rings. The minimum atomic E-state index is -1.47. The van der Waals surface area contributed by atoms with E-state index >= 15 is 0 Å². The molecular weight excluding hydrogens is 272 g/mol. The predicted octanol–water partition coefficient (Wildman–Crippen LogP) is -0.513. The van der Waals surface area contributed by atoms with Crippen molar-refractivity contribution < 1.29 is 14.4 Å². The maximum atomic E-state index is 11.8. The summed E-state index contributed by atoms with van der Waals surface area (Å²) < 4.78 is 1.92. The number of fused-ring (bicyclic) bond motifs is 1. The molecule has 1 aromatic heterocycles. The van der Waals surface area contributed by atoms with Crippen molar-refractivity contribution in [2.24, 2.45) is 11.5 Å². The number of nitrogens with one attached hydrogen (secondary N) is 1. The first-order valence-electron chi connectivity index (χ1n) is 6.41. The third-order valence-corrected chi connectivity index (χ3v) is 3.13. The number of amides is 3. The molecule has 2 rings (SSSR count). The third-order valence-electron chi connectivity index (χ3n) is 3.13. The van der Waals surface area contributed by atoms with Gasteiger partial charge in [-0.1, -0.05) is 18.2 Å². The molecule has 0 aliphatic carbocycles. The van der Waals surface area contributed by atoms with Gasteiger partial charge in [-0.25, -0.2) is 0 Å². The first kappa shape index (κ1) is 14.6. The molecule has 21 heavy (non-hydrogen) atoms. The van der Waals surface area contributed by atoms with E-state index in [-0.39, 0.29) is 6.42 Å². The molecule has 0 radical (unpaired) electrons. The second-order valence-electron chi connectivity index (χ2n) is 4.62. The van der Waals surface area contributed by atoms with E-state index in [2.05, 4.69) is 5.32 Å². The van der Waals surface area contributed by atoms with Crippen LogP contribution in [0.1, 0.15) is 6.42 Å². The molecule has 1 heterocycles. The highest BCUT2D eigenvalue weighted by Gasteiger charge is 2.23. The van der Waals surface area contributed by atoms with Crippen molar-refractivity contribution >= 4 is 28.6 Å². The van der Waals surface area contributed by atoms with Gasteiger partial charge in [-0.2, -0.15) is 0 Å². The van der Waals surface area contributed by atoms with Crippen LogP contribution in [0.5, 0.6) is 0 Å². The van der Waals surface area contributed by atoms with E-state index < -0.39 is 23.8 Å². The monoisotopic (exact) mass is 288 g/mol. The standard InChI is InChI=1S/C14H16N4O3/c15-13(20)12(14(16)21)17-11(19)6-8-18-7-5-9-3-1-2-4-10(9)18/h1-5,7,12H,6,8H2,(H2,15,20)(H2,16,21)(H,17,19). The molecule has 5 N–H and O–H groups in total. The van der Waals surface area contributed by atoms with Crippen molar-refractivity contribution in [2.75, 3.05) is 0 Å². The topological polar surface area (TPSA) is 120 Å². The van der Waals surface area contributed by atoms with Crippen molar-refractivity contribution in [2.45, 2.75) is 19.0 Å². The highest BCUT2D eigenvalue weighted by Crippen LogP contribution is 2.15. The van der Waals surface area contributed by atoms with Crippen LogP contribution >= 0.6 is 0 Å². The Hall–Kier alpha value is -2.83. The van der Waals surface area contributed by atoms with E-state index in [4.69, 9.17) is 11.5 Å². The molecule has 110 valence electrons. The van der Waals surface area contributed by atoms with Gasteiger partial charge in [0.1, 0.15) is 0 Å². The molecule has 0 spiro atoms. The fourth-order valence-corrected chi connectivity index (χ4v) is 2.07. The molecule has 0 saturated carbocycles. The molecule has 3 amide bonds. The van der Waals surface area contributed by atoms with Gasteiger partial charge in [-0.05, 0) is 17.5 Å². The number of primary amides is 2. The number of aryl methyl sites for hydroxylation is 1. The number of aromatic nitrogens is 1. The van der Waals surface area contributed by atoms with Gasteiger partial charge in [0.05, 0.1) is 0 Å². The Bertz CT molecular complexity index is 678. The largest absolute Gasteiger partial charge is 0.367 e. The van der Waals surface area contributed by atoms with Gasteiger partial charge in [0, 0.05) is 24.7 Å². The zero-order valence-corrected chi connectivity index (χ0v) is 11.3. The summed E-state index contributed by atoms with van der Waals surface area (Å²) in [5, 5.41) is 3.30. The smallest absolute Gasteiger partial charge is 0.249 e. The molecule has 0 unspecified atom stereocenters. The number of benzene rings is 1. The Kier molecular flexibility index (Phi) is 4.22. The van der Waals surface area contributed by atoms with Crippen LogP contribution in [0.3, 0.4) is 0 Å². The molecule has 0 fully saturated rings. The molecule has 0 saturated heterocycles. The summed E-state index contributed by atoms with van der Waals surface area (Å²) in [6.45, 7) is 0.420. The van der Waals surface area contributed by atoms with E-state index in [1.165, 1.54) is 0 Å². The first-order valence-corrected chi connectivity index (χ1v) is 6.41. The minimum absolute atomic E-state index is 0.107. The van der Waals surface area contributed by atoms with Crippen LogP contribution in [-0.4, -0.2) is 28.3 Å². The Morgan fingerprint density at radius 3 is 2.43 bits per heavy atom. The summed E-state index contributed by atoms with van der Waals surface area (Å²) in [6, 6.07) is 8.24. The lowest BCUT2D eigenvalue weighted by atomic mass is 10.2. The van der Waals surface area contributed by atoms with Crippen LogP contribution in [0.2, 0.25) is 0 Å². The average molecular weight is 288 g/mol. The number of hydrogen-bond acceptors (Lipinski definition) is 3. The second-order valence-corrected chi connectivity index (χ2v) is 4.62. The van der Waals surface area contributed by atoms with Crippen LogP contribution in [-0.2, 0) is 20.9 Å². The molecule has 0 atom stereocenters. The predicted molar refractivity (Wildman–Crippen MR) is 76.9 cm³/mol. The summed E-state index contributed by atoms with van der Waals surface area (Å²) >= 11 is 0. The fraction of sp³-hybridized carbons (Fsp3) is 0.214. The zero-order chi connectivity index (χ0) is 15.4. The Balaban J connectivity index is 1.98. The Labute approximate surface area is 120 Å². The summed E-state index contributed by atoms with van der Waals surface area (Å²) in [5.74, 6) is -2.40. The van der Waals surface area contributed by atoms with Crippen LogP contribution < -0.4 is 16.8 Å². The maximum absolute atomic E-state index is 11.8. The molecule has 7 nitrogen and oxygen atoms in total. The van der Waals surface area contributed by atoms with E-state index in [1.807, 2.05) is 41.1 Å². The first-order chi connectivity index (χ1) is 9.99. The quantitative estimate of drug-likeness (QED) is 0.620. The lowest BCUT2D eigenvalue weighted by Gasteiger charge is -2.12. The minimum Gasteiger partial charge on any atom is -0.367 e. The van der Waals surface area contributed by atoms with Gasteiger partial charge in [0.15, 0.2) is 6.04 Å². The lowest BCUT2D eigenvalue weighted by Crippen LogP contribution is -2.52. The Morgan fingerprint density at radius 2 is 1.76 bits per heavy atom. The van der Waals surface area contributed by atoms with Crippen molar-refractivity contribution in [3.8, 4) is 0 Å². The summed E-state index contributed by atoms with van der Waals surface area (Å²) in [7, 11) is 0. The van der Waals surface area contributed by atoms with Crippen molar-refractivity contribution in [3.63, 3.8) is 0 Å². The number of para-hydroxylation sites is 1. The highest BCUT2D eigenvalue weighted by atomic mass is 16.2. The zero-order valence-electron chi connectivity index (χ0n) is 11.3. The van der Waals surface area contributed by atoms with Crippen molar-refractivity contribution in [3.05, 3.63) is 36.5 Å². The Morgan fingerprint density at radius 1 is 1.10 bits per heavy atom. The van der Waals surface area contributed by atoms with Gasteiger partial charge >= 0.3 is 0 Å². The van der Waals surface area contributed by atoms with Gasteiger partial charge in [-0.15, -0.1) is 0 Å². The summed E-state index contributed by atoms with van der Waals surface area (Å²) in [5.41, 5.74) is 11.0. The number of carbonyl (C=O) groups is 3. The molecule has 1 aromatic carbocycles. The molecule has 0 bridgehead atoms. The molecule has 7 heteroatoms. The molecular formula is C14H16N4O3. The van der Waals surface area contributed by atoms with Crippen LogP contribution in [0.4, 0.5) is 0 Å². The van der Waals surface area contributed by atoms with Crippen LogP contribution in [0.15, 0.2) is 36.5 Å².